The van der Waals surface area contributed by atoms with E-state index in [2.05, 4.69) is 29.5 Å². The quantitative estimate of drug-likeness (QED) is 0.314. The molecule has 5 aromatic rings. The van der Waals surface area contributed by atoms with E-state index in [0.717, 1.165) is 33.0 Å². The van der Waals surface area contributed by atoms with Gasteiger partial charge in [0.1, 0.15) is 10.8 Å². The molecule has 0 bridgehead atoms. The lowest BCUT2D eigenvalue weighted by Gasteiger charge is -2.09. The van der Waals surface area contributed by atoms with Gasteiger partial charge in [-0.3, -0.25) is 4.79 Å². The highest BCUT2D eigenvalue weighted by molar-refractivity contribution is 7.21. The number of aromatic nitrogens is 3. The molecule has 2 heterocycles. The van der Waals surface area contributed by atoms with Gasteiger partial charge in [0.15, 0.2) is 12.4 Å². The van der Waals surface area contributed by atoms with E-state index in [0.29, 0.717) is 11.4 Å². The molecular weight excluding hydrogens is 444 g/mol. The zero-order valence-corrected chi connectivity index (χ0v) is 20.0. The monoisotopic (exact) mass is 468 g/mol. The fourth-order valence-electron chi connectivity index (χ4n) is 3.60. The van der Waals surface area contributed by atoms with Gasteiger partial charge in [0.05, 0.1) is 10.2 Å². The van der Waals surface area contributed by atoms with E-state index < -0.39 is 0 Å². The molecule has 34 heavy (non-hydrogen) atoms. The Morgan fingerprint density at radius 1 is 0.971 bits per heavy atom. The fourth-order valence-corrected chi connectivity index (χ4v) is 4.67. The van der Waals surface area contributed by atoms with Crippen LogP contribution in [0.1, 0.15) is 27.2 Å². The average Bonchev–Trinajstić information content (AvgIpc) is 3.47. The lowest BCUT2D eigenvalue weighted by molar-refractivity contribution is 0.102. The summed E-state index contributed by atoms with van der Waals surface area (Å²) in [7, 11) is 0. The van der Waals surface area contributed by atoms with Crippen molar-refractivity contribution in [2.24, 2.45) is 0 Å². The van der Waals surface area contributed by atoms with Crippen LogP contribution in [0.15, 0.2) is 72.9 Å². The van der Waals surface area contributed by atoms with Crippen LogP contribution >= 0.6 is 11.3 Å². The number of ether oxygens (including phenoxy) is 1. The highest BCUT2D eigenvalue weighted by atomic mass is 32.1. The number of hydrogen-bond acceptors (Lipinski definition) is 5. The molecule has 7 heteroatoms. The van der Waals surface area contributed by atoms with E-state index in [9.17, 15) is 4.79 Å². The second kappa shape index (κ2) is 9.11. The van der Waals surface area contributed by atoms with Crippen molar-refractivity contribution in [1.82, 2.24) is 14.8 Å². The second-order valence-electron chi connectivity index (χ2n) is 8.30. The van der Waals surface area contributed by atoms with Crippen LogP contribution in [0.5, 0.6) is 5.75 Å². The summed E-state index contributed by atoms with van der Waals surface area (Å²) in [6.07, 6.45) is 1.73. The standard InChI is InChI=1S/C27H24N4O2S/c1-17-4-6-19(3)24(14-17)33-16-31-13-12-23(30-31)26(32)28-21-9-7-20(8-10-21)27-29-22-11-5-18(2)15-25(22)34-27/h4-15H,16H2,1-3H3,(H,28,32). The van der Waals surface area contributed by atoms with Crippen molar-refractivity contribution in [2.45, 2.75) is 27.5 Å². The highest BCUT2D eigenvalue weighted by Gasteiger charge is 2.12. The average molecular weight is 469 g/mol. The van der Waals surface area contributed by atoms with E-state index in [4.69, 9.17) is 9.72 Å². The number of carbonyl (C=O) groups is 1. The van der Waals surface area contributed by atoms with Crippen molar-refractivity contribution >= 4 is 33.1 Å². The van der Waals surface area contributed by atoms with E-state index in [1.165, 1.54) is 10.3 Å². The molecule has 0 saturated heterocycles. The maximum absolute atomic E-state index is 12.7. The van der Waals surface area contributed by atoms with Crippen molar-refractivity contribution in [2.75, 3.05) is 5.32 Å². The number of thiazole rings is 1. The van der Waals surface area contributed by atoms with Gasteiger partial charge in [-0.15, -0.1) is 11.3 Å². The number of rotatable bonds is 6. The summed E-state index contributed by atoms with van der Waals surface area (Å²) in [5.74, 6) is 0.540. The Hall–Kier alpha value is -3.97. The van der Waals surface area contributed by atoms with Gasteiger partial charge in [-0.2, -0.15) is 5.10 Å². The zero-order valence-electron chi connectivity index (χ0n) is 19.2. The largest absolute Gasteiger partial charge is 0.471 e. The molecule has 1 amide bonds. The number of amides is 1. The molecule has 0 spiro atoms. The van der Waals surface area contributed by atoms with Gasteiger partial charge in [-0.25, -0.2) is 9.67 Å². The summed E-state index contributed by atoms with van der Waals surface area (Å²) >= 11 is 1.67. The van der Waals surface area contributed by atoms with E-state index >= 15 is 0 Å². The summed E-state index contributed by atoms with van der Waals surface area (Å²) in [4.78, 5) is 17.4. The zero-order chi connectivity index (χ0) is 23.7. The van der Waals surface area contributed by atoms with E-state index in [1.54, 1.807) is 28.3 Å². The second-order valence-corrected chi connectivity index (χ2v) is 9.34. The van der Waals surface area contributed by atoms with Crippen molar-refractivity contribution in [3.05, 3.63) is 95.3 Å². The normalized spacial score (nSPS) is 11.0. The number of aryl methyl sites for hydroxylation is 3. The van der Waals surface area contributed by atoms with Crippen LogP contribution in [0, 0.1) is 20.8 Å². The summed E-state index contributed by atoms with van der Waals surface area (Å²) in [5, 5.41) is 8.20. The molecule has 0 unspecified atom stereocenters. The van der Waals surface area contributed by atoms with Crippen molar-refractivity contribution in [3.8, 4) is 16.3 Å². The Balaban J connectivity index is 1.23. The number of nitrogens with zero attached hydrogens (tertiary/aromatic N) is 3. The van der Waals surface area contributed by atoms with Gasteiger partial charge in [-0.05, 0) is 86.0 Å². The number of nitrogens with one attached hydrogen (secondary N) is 1. The number of anilines is 1. The van der Waals surface area contributed by atoms with E-state index in [-0.39, 0.29) is 12.6 Å². The van der Waals surface area contributed by atoms with Crippen LogP contribution in [0.2, 0.25) is 0 Å². The highest BCUT2D eigenvalue weighted by Crippen LogP contribution is 2.31. The van der Waals surface area contributed by atoms with Crippen LogP contribution in [0.25, 0.3) is 20.8 Å². The first-order chi connectivity index (χ1) is 16.4. The minimum atomic E-state index is -0.270. The predicted molar refractivity (Wildman–Crippen MR) is 137 cm³/mol. The maximum atomic E-state index is 12.7. The van der Waals surface area contributed by atoms with Crippen molar-refractivity contribution in [1.29, 1.82) is 0 Å². The number of benzene rings is 3. The first-order valence-corrected chi connectivity index (χ1v) is 11.8. The van der Waals surface area contributed by atoms with Gasteiger partial charge >= 0.3 is 0 Å². The third-order valence-corrected chi connectivity index (χ3v) is 6.57. The van der Waals surface area contributed by atoms with E-state index in [1.807, 2.05) is 62.4 Å². The Labute approximate surface area is 201 Å². The molecule has 5 rings (SSSR count). The van der Waals surface area contributed by atoms with Crippen LogP contribution < -0.4 is 10.1 Å². The molecule has 0 atom stereocenters. The molecule has 0 aliphatic heterocycles. The summed E-state index contributed by atoms with van der Waals surface area (Å²) in [5.41, 5.74) is 6.46. The Morgan fingerprint density at radius 3 is 2.56 bits per heavy atom. The number of carbonyl (C=O) groups excluding carboxylic acids is 1. The molecule has 170 valence electrons. The summed E-state index contributed by atoms with van der Waals surface area (Å²) < 4.78 is 8.64. The topological polar surface area (TPSA) is 69.0 Å². The van der Waals surface area contributed by atoms with Gasteiger partial charge < -0.3 is 10.1 Å². The molecular formula is C27H24N4O2S. The molecule has 1 N–H and O–H groups in total. The minimum Gasteiger partial charge on any atom is -0.471 e. The van der Waals surface area contributed by atoms with Crippen LogP contribution in [0.3, 0.4) is 0 Å². The molecule has 0 aliphatic rings. The fraction of sp³-hybridized carbons (Fsp3) is 0.148. The van der Waals surface area contributed by atoms with Crippen molar-refractivity contribution in [3.63, 3.8) is 0 Å². The van der Waals surface area contributed by atoms with Gasteiger partial charge in [0.25, 0.3) is 5.91 Å². The Kier molecular flexibility index (Phi) is 5.86. The van der Waals surface area contributed by atoms with Crippen LogP contribution in [0.4, 0.5) is 5.69 Å². The molecule has 0 aliphatic carbocycles. The van der Waals surface area contributed by atoms with Gasteiger partial charge in [0, 0.05) is 17.4 Å². The predicted octanol–water partition coefficient (Wildman–Crippen LogP) is 6.37. The molecule has 3 aromatic carbocycles. The molecule has 2 aromatic heterocycles. The van der Waals surface area contributed by atoms with Gasteiger partial charge in [0.2, 0.25) is 0 Å². The maximum Gasteiger partial charge on any atom is 0.276 e. The smallest absolute Gasteiger partial charge is 0.276 e. The molecule has 6 nitrogen and oxygen atoms in total. The van der Waals surface area contributed by atoms with Crippen LogP contribution in [-0.4, -0.2) is 20.7 Å². The molecule has 0 radical (unpaired) electrons. The SMILES string of the molecule is Cc1ccc(C)c(OCn2ccc(C(=O)Nc3ccc(-c4nc5ccc(C)cc5s4)cc3)n2)c1. The lowest BCUT2D eigenvalue weighted by Crippen LogP contribution is -2.14. The Morgan fingerprint density at radius 2 is 1.74 bits per heavy atom. The Bertz CT molecular complexity index is 1480. The summed E-state index contributed by atoms with van der Waals surface area (Å²) in [6.45, 7) is 6.33. The lowest BCUT2D eigenvalue weighted by atomic mass is 10.1. The van der Waals surface area contributed by atoms with Gasteiger partial charge in [-0.1, -0.05) is 18.2 Å². The first kappa shape index (κ1) is 21.9. The third-order valence-electron chi connectivity index (χ3n) is 5.50. The minimum absolute atomic E-state index is 0.230. The first-order valence-electron chi connectivity index (χ1n) is 11.0. The van der Waals surface area contributed by atoms with Crippen LogP contribution in [-0.2, 0) is 6.73 Å². The van der Waals surface area contributed by atoms with Crippen molar-refractivity contribution < 1.29 is 9.53 Å². The third kappa shape index (κ3) is 4.70. The number of hydrogen-bond donors (Lipinski definition) is 1. The molecule has 0 saturated carbocycles. The summed E-state index contributed by atoms with van der Waals surface area (Å²) in [6, 6.07) is 21.7. The molecule has 0 fully saturated rings. The number of fused-ring (bicyclic) bond motifs is 1.